The Balaban J connectivity index is 1.75. The molecule has 0 fully saturated rings. The molecule has 0 bridgehead atoms. The van der Waals surface area contributed by atoms with E-state index in [9.17, 15) is 19.2 Å². The summed E-state index contributed by atoms with van der Waals surface area (Å²) in [6, 6.07) is 19.2. The van der Waals surface area contributed by atoms with Crippen molar-refractivity contribution in [2.24, 2.45) is 5.73 Å². The standard InChI is InChI=1S/C32H38N4O6S/c1-3-41-30(38)20-36(31(39)28(21-43)35-29(37)16-15-26(33)32(40)42-4-2)25-9-7-8-23(19-25)18-22-11-13-24(14-12-22)27-10-5-6-17-34-27/h5-14,17,19,26,28,43H,3-4,15-16,18,20-21,33H2,1-2H3,(H,35,37)/t26-,28-/m0/s1. The predicted octanol–water partition coefficient (Wildman–Crippen LogP) is 3.32. The molecule has 2 atom stereocenters. The van der Waals surface area contributed by atoms with Gasteiger partial charge in [0.1, 0.15) is 18.6 Å². The van der Waals surface area contributed by atoms with Crippen molar-refractivity contribution in [1.82, 2.24) is 10.3 Å². The summed E-state index contributed by atoms with van der Waals surface area (Å²) in [5, 5.41) is 2.65. The number of carbonyl (C=O) groups excluding carboxylic acids is 4. The molecule has 0 radical (unpaired) electrons. The fourth-order valence-corrected chi connectivity index (χ4v) is 4.57. The average molecular weight is 607 g/mol. The average Bonchev–Trinajstić information content (AvgIpc) is 3.02. The van der Waals surface area contributed by atoms with Crippen LogP contribution in [-0.4, -0.2) is 66.3 Å². The van der Waals surface area contributed by atoms with E-state index in [0.717, 1.165) is 22.4 Å². The number of ether oxygens (including phenoxy) is 2. The summed E-state index contributed by atoms with van der Waals surface area (Å²) in [6.07, 6.45) is 2.30. The van der Waals surface area contributed by atoms with E-state index >= 15 is 0 Å². The fourth-order valence-electron chi connectivity index (χ4n) is 4.32. The van der Waals surface area contributed by atoms with Crippen molar-refractivity contribution in [2.45, 2.75) is 45.2 Å². The maximum Gasteiger partial charge on any atom is 0.326 e. The smallest absolute Gasteiger partial charge is 0.326 e. The topological polar surface area (TPSA) is 141 Å². The Labute approximate surface area is 257 Å². The second-order valence-electron chi connectivity index (χ2n) is 9.69. The number of nitrogens with two attached hydrogens (primary N) is 1. The molecule has 0 saturated heterocycles. The normalized spacial score (nSPS) is 12.1. The lowest BCUT2D eigenvalue weighted by molar-refractivity contribution is -0.145. The summed E-state index contributed by atoms with van der Waals surface area (Å²) >= 11 is 4.28. The van der Waals surface area contributed by atoms with Gasteiger partial charge in [-0.3, -0.25) is 29.1 Å². The van der Waals surface area contributed by atoms with Crippen LogP contribution in [-0.2, 0) is 35.1 Å². The van der Waals surface area contributed by atoms with Crippen molar-refractivity contribution in [1.29, 1.82) is 0 Å². The van der Waals surface area contributed by atoms with Crippen LogP contribution in [0.5, 0.6) is 0 Å². The number of pyridine rings is 1. The lowest BCUT2D eigenvalue weighted by Gasteiger charge is -2.27. The van der Waals surface area contributed by atoms with Crippen LogP contribution in [0.15, 0.2) is 72.9 Å². The number of aromatic nitrogens is 1. The molecule has 1 aromatic heterocycles. The molecule has 3 rings (SSSR count). The highest BCUT2D eigenvalue weighted by Crippen LogP contribution is 2.22. The number of nitrogens with one attached hydrogen (secondary N) is 1. The molecule has 0 aliphatic heterocycles. The van der Waals surface area contributed by atoms with Crippen LogP contribution in [0.2, 0.25) is 0 Å². The zero-order chi connectivity index (χ0) is 31.2. The third-order valence-corrected chi connectivity index (χ3v) is 6.86. The molecular weight excluding hydrogens is 568 g/mol. The molecule has 2 amide bonds. The highest BCUT2D eigenvalue weighted by Gasteiger charge is 2.29. The van der Waals surface area contributed by atoms with Gasteiger partial charge >= 0.3 is 11.9 Å². The van der Waals surface area contributed by atoms with Crippen molar-refractivity contribution >= 4 is 42.1 Å². The zero-order valence-corrected chi connectivity index (χ0v) is 25.3. The van der Waals surface area contributed by atoms with E-state index in [1.54, 1.807) is 26.1 Å². The quantitative estimate of drug-likeness (QED) is 0.177. The minimum Gasteiger partial charge on any atom is -0.465 e. The zero-order valence-electron chi connectivity index (χ0n) is 24.4. The monoisotopic (exact) mass is 606 g/mol. The van der Waals surface area contributed by atoms with Gasteiger partial charge in [0.15, 0.2) is 0 Å². The van der Waals surface area contributed by atoms with Gasteiger partial charge in [0.2, 0.25) is 5.91 Å². The van der Waals surface area contributed by atoms with E-state index in [2.05, 4.69) is 22.9 Å². The number of hydrogen-bond acceptors (Lipinski definition) is 9. The van der Waals surface area contributed by atoms with Crippen molar-refractivity contribution < 1.29 is 28.7 Å². The van der Waals surface area contributed by atoms with Gasteiger partial charge in [-0.1, -0.05) is 42.5 Å². The van der Waals surface area contributed by atoms with Gasteiger partial charge in [-0.25, -0.2) is 0 Å². The van der Waals surface area contributed by atoms with Gasteiger partial charge in [0, 0.05) is 29.6 Å². The lowest BCUT2D eigenvalue weighted by Crippen LogP contribution is -2.51. The van der Waals surface area contributed by atoms with E-state index in [4.69, 9.17) is 15.2 Å². The molecule has 1 heterocycles. The molecule has 0 aliphatic rings. The molecule has 228 valence electrons. The molecule has 0 saturated carbocycles. The predicted molar refractivity (Wildman–Crippen MR) is 168 cm³/mol. The van der Waals surface area contributed by atoms with Gasteiger partial charge in [-0.2, -0.15) is 12.6 Å². The Morgan fingerprint density at radius 3 is 2.35 bits per heavy atom. The number of rotatable bonds is 15. The Morgan fingerprint density at radius 1 is 0.953 bits per heavy atom. The van der Waals surface area contributed by atoms with Crippen LogP contribution in [0.1, 0.15) is 37.8 Å². The van der Waals surface area contributed by atoms with Crippen molar-refractivity contribution in [2.75, 3.05) is 30.4 Å². The summed E-state index contributed by atoms with van der Waals surface area (Å²) in [6.45, 7) is 3.34. The van der Waals surface area contributed by atoms with Crippen LogP contribution in [0.25, 0.3) is 11.3 Å². The summed E-state index contributed by atoms with van der Waals surface area (Å²) < 4.78 is 9.99. The van der Waals surface area contributed by atoms with Crippen LogP contribution >= 0.6 is 12.6 Å². The van der Waals surface area contributed by atoms with E-state index < -0.39 is 35.8 Å². The molecule has 3 aromatic rings. The number of carbonyl (C=O) groups is 4. The van der Waals surface area contributed by atoms with Gasteiger partial charge in [0.05, 0.1) is 18.9 Å². The Hall–Kier alpha value is -4.22. The van der Waals surface area contributed by atoms with E-state index in [0.29, 0.717) is 12.1 Å². The molecular formula is C32H38N4O6S. The number of thiol groups is 1. The lowest BCUT2D eigenvalue weighted by atomic mass is 10.0. The van der Waals surface area contributed by atoms with Crippen molar-refractivity contribution in [3.8, 4) is 11.3 Å². The van der Waals surface area contributed by atoms with Gasteiger partial charge in [-0.15, -0.1) is 0 Å². The molecule has 0 unspecified atom stereocenters. The van der Waals surface area contributed by atoms with Crippen LogP contribution in [0, 0.1) is 0 Å². The summed E-state index contributed by atoms with van der Waals surface area (Å²) in [5.74, 6) is -2.21. The first-order valence-corrected chi connectivity index (χ1v) is 14.8. The minimum absolute atomic E-state index is 0.0177. The molecule has 0 aliphatic carbocycles. The number of benzene rings is 2. The summed E-state index contributed by atoms with van der Waals surface area (Å²) in [7, 11) is 0. The first-order chi connectivity index (χ1) is 20.7. The van der Waals surface area contributed by atoms with E-state index in [-0.39, 0.29) is 38.4 Å². The number of esters is 2. The maximum absolute atomic E-state index is 13.7. The molecule has 43 heavy (non-hydrogen) atoms. The highest BCUT2D eigenvalue weighted by atomic mass is 32.1. The van der Waals surface area contributed by atoms with Gasteiger partial charge in [0.25, 0.3) is 5.91 Å². The van der Waals surface area contributed by atoms with Crippen molar-refractivity contribution in [3.05, 3.63) is 84.1 Å². The van der Waals surface area contributed by atoms with Crippen LogP contribution < -0.4 is 16.0 Å². The van der Waals surface area contributed by atoms with Gasteiger partial charge < -0.3 is 20.5 Å². The SMILES string of the molecule is CCOC(=O)CN(C(=O)[C@H](CS)NC(=O)CC[C@H](N)C(=O)OCC)c1cccc(Cc2ccc(-c3ccccn3)cc2)c1. The molecule has 3 N–H and O–H groups in total. The van der Waals surface area contributed by atoms with Gasteiger partial charge in [-0.05, 0) is 62.1 Å². The van der Waals surface area contributed by atoms with E-state index in [1.165, 1.54) is 4.90 Å². The van der Waals surface area contributed by atoms with Crippen LogP contribution in [0.4, 0.5) is 5.69 Å². The minimum atomic E-state index is -1.04. The summed E-state index contributed by atoms with van der Waals surface area (Å²) in [4.78, 5) is 56.2. The first kappa shape index (κ1) is 33.3. The third-order valence-electron chi connectivity index (χ3n) is 6.49. The Morgan fingerprint density at radius 2 is 1.70 bits per heavy atom. The molecule has 0 spiro atoms. The number of nitrogens with zero attached hydrogens (tertiary/aromatic N) is 2. The maximum atomic E-state index is 13.7. The highest BCUT2D eigenvalue weighted by molar-refractivity contribution is 7.80. The summed E-state index contributed by atoms with van der Waals surface area (Å²) in [5.41, 5.74) is 10.1. The first-order valence-electron chi connectivity index (χ1n) is 14.1. The fraction of sp³-hybridized carbons (Fsp3) is 0.344. The second kappa shape index (κ2) is 17.0. The molecule has 2 aromatic carbocycles. The number of hydrogen-bond donors (Lipinski definition) is 3. The Bertz CT molecular complexity index is 1370. The van der Waals surface area contributed by atoms with Crippen LogP contribution in [0.3, 0.4) is 0 Å². The number of anilines is 1. The third kappa shape index (κ3) is 10.2. The molecule has 11 heteroatoms. The van der Waals surface area contributed by atoms with E-state index in [1.807, 2.05) is 60.7 Å². The largest absolute Gasteiger partial charge is 0.465 e. The second-order valence-corrected chi connectivity index (χ2v) is 10.1. The van der Waals surface area contributed by atoms with Crippen molar-refractivity contribution in [3.63, 3.8) is 0 Å². The molecule has 10 nitrogen and oxygen atoms in total. The number of amides is 2. The Kier molecular flexibility index (Phi) is 13.2.